The first kappa shape index (κ1) is 9.21. The highest BCUT2D eigenvalue weighted by atomic mass is 79.9. The van der Waals surface area contributed by atoms with Crippen LogP contribution in [0.1, 0.15) is 0 Å². The molecule has 1 aromatic carbocycles. The lowest BCUT2D eigenvalue weighted by Gasteiger charge is -2.03. The monoisotopic (exact) mass is 256 g/mol. The summed E-state index contributed by atoms with van der Waals surface area (Å²) in [4.78, 5) is 13.6. The van der Waals surface area contributed by atoms with Crippen LogP contribution in [0, 0.1) is 5.82 Å². The van der Waals surface area contributed by atoms with Crippen LogP contribution in [-0.4, -0.2) is 4.98 Å². The highest BCUT2D eigenvalue weighted by Crippen LogP contribution is 2.29. The third-order valence-electron chi connectivity index (χ3n) is 1.99. The number of fused-ring (bicyclic) bond motifs is 1. The number of benzene rings is 1. The van der Waals surface area contributed by atoms with Crippen LogP contribution in [0.2, 0.25) is 0 Å². The third kappa shape index (κ3) is 1.21. The topological polar surface area (TPSA) is 58.9 Å². The number of halogens is 2. The first-order chi connectivity index (χ1) is 6.61. The van der Waals surface area contributed by atoms with Gasteiger partial charge in [0, 0.05) is 17.3 Å². The number of nitrogens with one attached hydrogen (secondary N) is 1. The van der Waals surface area contributed by atoms with E-state index in [4.69, 9.17) is 5.73 Å². The Morgan fingerprint density at radius 2 is 2.14 bits per heavy atom. The van der Waals surface area contributed by atoms with E-state index in [1.807, 2.05) is 0 Å². The molecule has 1 aromatic heterocycles. The van der Waals surface area contributed by atoms with Crippen LogP contribution in [0.3, 0.4) is 0 Å². The Morgan fingerprint density at radius 1 is 1.43 bits per heavy atom. The maximum atomic E-state index is 13.4. The predicted octanol–water partition coefficient (Wildman–Crippen LogP) is 2.01. The normalized spacial score (nSPS) is 10.7. The molecule has 0 aliphatic heterocycles. The van der Waals surface area contributed by atoms with Gasteiger partial charge in [-0.2, -0.15) is 0 Å². The predicted molar refractivity (Wildman–Crippen MR) is 56.6 cm³/mol. The number of hydrogen-bond acceptors (Lipinski definition) is 2. The second-order valence-electron chi connectivity index (χ2n) is 2.86. The lowest BCUT2D eigenvalue weighted by atomic mass is 10.1. The minimum atomic E-state index is -0.501. The molecular formula is C9H6BrFN2O. The molecule has 72 valence electrons. The second kappa shape index (κ2) is 3.09. The summed E-state index contributed by atoms with van der Waals surface area (Å²) in [5.74, 6) is -0.501. The highest BCUT2D eigenvalue weighted by Gasteiger charge is 2.09. The summed E-state index contributed by atoms with van der Waals surface area (Å²) in [5.41, 5.74) is 5.65. The zero-order chi connectivity index (χ0) is 10.3. The number of anilines is 1. The van der Waals surface area contributed by atoms with E-state index >= 15 is 0 Å². The van der Waals surface area contributed by atoms with Gasteiger partial charge in [-0.1, -0.05) is 0 Å². The first-order valence-corrected chi connectivity index (χ1v) is 4.65. The van der Waals surface area contributed by atoms with Crippen molar-refractivity contribution < 1.29 is 4.39 Å². The summed E-state index contributed by atoms with van der Waals surface area (Å²) in [6.45, 7) is 0. The molecule has 0 unspecified atom stereocenters. The Bertz CT molecular complexity index is 564. The van der Waals surface area contributed by atoms with Gasteiger partial charge < -0.3 is 10.7 Å². The maximum absolute atomic E-state index is 13.4. The molecule has 0 saturated heterocycles. The van der Waals surface area contributed by atoms with Gasteiger partial charge in [0.2, 0.25) is 0 Å². The highest BCUT2D eigenvalue weighted by molar-refractivity contribution is 9.10. The molecule has 0 aliphatic carbocycles. The number of nitrogen functional groups attached to an aromatic ring is 1. The van der Waals surface area contributed by atoms with E-state index < -0.39 is 5.82 Å². The Morgan fingerprint density at radius 3 is 2.86 bits per heavy atom. The maximum Gasteiger partial charge on any atom is 0.256 e. The van der Waals surface area contributed by atoms with Gasteiger partial charge >= 0.3 is 0 Å². The number of pyridine rings is 1. The fourth-order valence-electron chi connectivity index (χ4n) is 1.29. The van der Waals surface area contributed by atoms with E-state index in [9.17, 15) is 9.18 Å². The van der Waals surface area contributed by atoms with Crippen LogP contribution < -0.4 is 11.3 Å². The van der Waals surface area contributed by atoms with Crippen molar-refractivity contribution in [1.29, 1.82) is 0 Å². The molecule has 0 aliphatic rings. The van der Waals surface area contributed by atoms with Crippen LogP contribution in [0.4, 0.5) is 10.1 Å². The van der Waals surface area contributed by atoms with Crippen LogP contribution >= 0.6 is 15.9 Å². The molecule has 0 fully saturated rings. The molecule has 0 atom stereocenters. The number of nitrogens with two attached hydrogens (primary N) is 1. The fraction of sp³-hybridized carbons (Fsp3) is 0. The summed E-state index contributed by atoms with van der Waals surface area (Å²) in [7, 11) is 0. The van der Waals surface area contributed by atoms with Gasteiger partial charge in [0.25, 0.3) is 5.56 Å². The SMILES string of the molecule is Nc1ccc2c(=O)[nH]cc(F)c2c1Br. The van der Waals surface area contributed by atoms with Gasteiger partial charge in [-0.05, 0) is 28.1 Å². The van der Waals surface area contributed by atoms with Crippen molar-refractivity contribution in [3.05, 3.63) is 39.0 Å². The van der Waals surface area contributed by atoms with E-state index in [0.717, 1.165) is 6.20 Å². The third-order valence-corrected chi connectivity index (χ3v) is 2.84. The Labute approximate surface area is 86.9 Å². The minimum Gasteiger partial charge on any atom is -0.398 e. The molecule has 3 nitrogen and oxygen atoms in total. The van der Waals surface area contributed by atoms with Crippen molar-refractivity contribution in [2.24, 2.45) is 0 Å². The average Bonchev–Trinajstić information content (AvgIpc) is 2.16. The van der Waals surface area contributed by atoms with Gasteiger partial charge in [0.05, 0.1) is 9.86 Å². The van der Waals surface area contributed by atoms with Crippen molar-refractivity contribution in [2.75, 3.05) is 5.73 Å². The summed E-state index contributed by atoms with van der Waals surface area (Å²) in [6, 6.07) is 3.05. The van der Waals surface area contributed by atoms with Crippen LogP contribution in [0.25, 0.3) is 10.8 Å². The molecule has 2 aromatic rings. The van der Waals surface area contributed by atoms with E-state index in [0.29, 0.717) is 10.2 Å². The largest absolute Gasteiger partial charge is 0.398 e. The number of rotatable bonds is 0. The van der Waals surface area contributed by atoms with Crippen LogP contribution in [0.15, 0.2) is 27.6 Å². The molecule has 0 amide bonds. The standard InChI is InChI=1S/C9H6BrFN2O/c10-8-6(12)2-1-4-7(8)5(11)3-13-9(4)14/h1-3H,12H2,(H,13,14). The van der Waals surface area contributed by atoms with Crippen molar-refractivity contribution >= 4 is 32.4 Å². The van der Waals surface area contributed by atoms with E-state index in [-0.39, 0.29) is 16.3 Å². The van der Waals surface area contributed by atoms with Gasteiger partial charge in [-0.15, -0.1) is 0 Å². The summed E-state index contributed by atoms with van der Waals surface area (Å²) >= 11 is 3.15. The quantitative estimate of drug-likeness (QED) is 0.709. The van der Waals surface area contributed by atoms with Gasteiger partial charge in [0.15, 0.2) is 0 Å². The molecule has 5 heteroatoms. The molecular weight excluding hydrogens is 251 g/mol. The van der Waals surface area contributed by atoms with Crippen molar-refractivity contribution in [1.82, 2.24) is 4.98 Å². The van der Waals surface area contributed by atoms with Gasteiger partial charge in [0.1, 0.15) is 5.82 Å². The molecule has 0 bridgehead atoms. The van der Waals surface area contributed by atoms with Gasteiger partial charge in [-0.25, -0.2) is 4.39 Å². The molecule has 0 saturated carbocycles. The van der Waals surface area contributed by atoms with E-state index in [1.165, 1.54) is 6.07 Å². The number of hydrogen-bond donors (Lipinski definition) is 2. The molecule has 3 N–H and O–H groups in total. The minimum absolute atomic E-state index is 0.216. The van der Waals surface area contributed by atoms with Crippen molar-refractivity contribution in [3.8, 4) is 0 Å². The smallest absolute Gasteiger partial charge is 0.256 e. The van der Waals surface area contributed by atoms with E-state index in [1.54, 1.807) is 6.07 Å². The molecule has 0 spiro atoms. The van der Waals surface area contributed by atoms with E-state index in [2.05, 4.69) is 20.9 Å². The number of H-pyrrole nitrogens is 1. The van der Waals surface area contributed by atoms with Crippen LogP contribution in [-0.2, 0) is 0 Å². The Kier molecular flexibility index (Phi) is 2.03. The summed E-state index contributed by atoms with van der Waals surface area (Å²) < 4.78 is 13.8. The molecule has 0 radical (unpaired) electrons. The Balaban J connectivity index is 3.09. The number of aromatic amines is 1. The van der Waals surface area contributed by atoms with Crippen molar-refractivity contribution in [3.63, 3.8) is 0 Å². The summed E-state index contributed by atoms with van der Waals surface area (Å²) in [6.07, 6.45) is 1.02. The molecule has 2 rings (SSSR count). The lowest BCUT2D eigenvalue weighted by Crippen LogP contribution is -2.07. The number of aromatic nitrogens is 1. The second-order valence-corrected chi connectivity index (χ2v) is 3.65. The summed E-state index contributed by atoms with van der Waals surface area (Å²) in [5, 5.41) is 0.500. The molecule has 14 heavy (non-hydrogen) atoms. The zero-order valence-corrected chi connectivity index (χ0v) is 8.56. The van der Waals surface area contributed by atoms with Crippen molar-refractivity contribution in [2.45, 2.75) is 0 Å². The van der Waals surface area contributed by atoms with Gasteiger partial charge in [-0.3, -0.25) is 4.79 Å². The average molecular weight is 257 g/mol. The Hall–Kier alpha value is -1.36. The molecule has 1 heterocycles. The zero-order valence-electron chi connectivity index (χ0n) is 6.97. The first-order valence-electron chi connectivity index (χ1n) is 3.86. The fourth-order valence-corrected chi connectivity index (χ4v) is 1.83. The van der Waals surface area contributed by atoms with Crippen LogP contribution in [0.5, 0.6) is 0 Å². The lowest BCUT2D eigenvalue weighted by molar-refractivity contribution is 0.632.